The number of halogens is 1. The molecule has 1 amide bonds. The molecule has 0 unspecified atom stereocenters. The number of amides is 1. The average Bonchev–Trinajstić information content (AvgIpc) is 2.81. The molecule has 0 aliphatic heterocycles. The number of rotatable bonds is 3. The summed E-state index contributed by atoms with van der Waals surface area (Å²) in [6, 6.07) is 3.49. The Balaban J connectivity index is 2.13. The normalized spacial score (nSPS) is 10.2. The first-order valence-corrected chi connectivity index (χ1v) is 6.65. The van der Waals surface area contributed by atoms with Gasteiger partial charge in [-0.2, -0.15) is 0 Å². The third-order valence-corrected chi connectivity index (χ3v) is 3.49. The van der Waals surface area contributed by atoms with Crippen molar-refractivity contribution >= 4 is 33.2 Å². The van der Waals surface area contributed by atoms with Crippen LogP contribution in [0.2, 0.25) is 0 Å². The highest BCUT2D eigenvalue weighted by Crippen LogP contribution is 2.15. The van der Waals surface area contributed by atoms with Crippen LogP contribution in [0.25, 0.3) is 0 Å². The van der Waals surface area contributed by atoms with Crippen LogP contribution in [0.3, 0.4) is 0 Å². The molecule has 6 heteroatoms. The minimum atomic E-state index is -0.0713. The van der Waals surface area contributed by atoms with E-state index in [2.05, 4.69) is 25.9 Å². The zero-order valence-corrected chi connectivity index (χ0v) is 11.5. The Labute approximate surface area is 111 Å². The molecule has 0 aromatic carbocycles. The fourth-order valence-electron chi connectivity index (χ4n) is 1.38. The van der Waals surface area contributed by atoms with Gasteiger partial charge in [0.25, 0.3) is 5.91 Å². The van der Waals surface area contributed by atoms with Gasteiger partial charge in [0.1, 0.15) is 4.60 Å². The molecule has 0 atom stereocenters. The van der Waals surface area contributed by atoms with E-state index >= 15 is 0 Å². The van der Waals surface area contributed by atoms with Gasteiger partial charge in [0.15, 0.2) is 0 Å². The van der Waals surface area contributed by atoms with Crippen molar-refractivity contribution < 1.29 is 4.79 Å². The summed E-state index contributed by atoms with van der Waals surface area (Å²) < 4.78 is 0.565. The van der Waals surface area contributed by atoms with Gasteiger partial charge in [0, 0.05) is 18.6 Å². The predicted molar refractivity (Wildman–Crippen MR) is 69.8 cm³/mol. The third-order valence-electron chi connectivity index (χ3n) is 2.22. The van der Waals surface area contributed by atoms with Crippen molar-refractivity contribution in [2.45, 2.75) is 6.54 Å². The summed E-state index contributed by atoms with van der Waals surface area (Å²) in [6.07, 6.45) is 1.64. The van der Waals surface area contributed by atoms with Crippen LogP contribution in [0.15, 0.2) is 33.8 Å². The Morgan fingerprint density at radius 2 is 2.35 bits per heavy atom. The zero-order valence-electron chi connectivity index (χ0n) is 9.13. The second-order valence-corrected chi connectivity index (χ2v) is 4.95. The van der Waals surface area contributed by atoms with E-state index in [1.54, 1.807) is 35.8 Å². The highest BCUT2D eigenvalue weighted by molar-refractivity contribution is 9.10. The molecule has 0 aliphatic rings. The SMILES string of the molecule is CN(Cc1cscn1)C(=O)c1cccnc1Br. The van der Waals surface area contributed by atoms with E-state index < -0.39 is 0 Å². The Kier molecular flexibility index (Phi) is 3.86. The van der Waals surface area contributed by atoms with Crippen LogP contribution >= 0.6 is 27.3 Å². The molecule has 0 aliphatic carbocycles. The quantitative estimate of drug-likeness (QED) is 0.818. The largest absolute Gasteiger partial charge is 0.336 e. The highest BCUT2D eigenvalue weighted by atomic mass is 79.9. The Hall–Kier alpha value is -1.27. The van der Waals surface area contributed by atoms with E-state index in [0.29, 0.717) is 16.7 Å². The van der Waals surface area contributed by atoms with Crippen molar-refractivity contribution in [3.63, 3.8) is 0 Å². The van der Waals surface area contributed by atoms with Crippen LogP contribution < -0.4 is 0 Å². The Morgan fingerprint density at radius 3 is 3.00 bits per heavy atom. The van der Waals surface area contributed by atoms with Gasteiger partial charge >= 0.3 is 0 Å². The van der Waals surface area contributed by atoms with Gasteiger partial charge in [-0.3, -0.25) is 4.79 Å². The standard InChI is InChI=1S/C11H10BrN3OS/c1-15(5-8-6-17-7-14-8)11(16)9-3-2-4-13-10(9)12/h2-4,6-7H,5H2,1H3. The average molecular weight is 312 g/mol. The summed E-state index contributed by atoms with van der Waals surface area (Å²) in [5, 5.41) is 1.93. The lowest BCUT2D eigenvalue weighted by molar-refractivity contribution is 0.0782. The van der Waals surface area contributed by atoms with E-state index in [4.69, 9.17) is 0 Å². The van der Waals surface area contributed by atoms with E-state index in [1.807, 2.05) is 5.38 Å². The number of carbonyl (C=O) groups is 1. The first kappa shape index (κ1) is 12.2. The summed E-state index contributed by atoms with van der Waals surface area (Å²) in [7, 11) is 1.75. The topological polar surface area (TPSA) is 46.1 Å². The molecular formula is C11H10BrN3OS. The molecule has 17 heavy (non-hydrogen) atoms. The maximum absolute atomic E-state index is 12.1. The van der Waals surface area contributed by atoms with E-state index in [-0.39, 0.29) is 5.91 Å². The molecule has 2 heterocycles. The number of thiazole rings is 1. The predicted octanol–water partition coefficient (Wildman–Crippen LogP) is 2.57. The first-order valence-electron chi connectivity index (χ1n) is 4.91. The van der Waals surface area contributed by atoms with Crippen molar-refractivity contribution in [1.82, 2.24) is 14.9 Å². The maximum Gasteiger partial charge on any atom is 0.256 e. The molecule has 0 bridgehead atoms. The van der Waals surface area contributed by atoms with Gasteiger partial charge < -0.3 is 4.90 Å². The van der Waals surface area contributed by atoms with Crippen molar-refractivity contribution in [3.8, 4) is 0 Å². The fourth-order valence-corrected chi connectivity index (χ4v) is 2.35. The van der Waals surface area contributed by atoms with Crippen molar-refractivity contribution in [1.29, 1.82) is 0 Å². The van der Waals surface area contributed by atoms with Gasteiger partial charge in [-0.15, -0.1) is 11.3 Å². The van der Waals surface area contributed by atoms with Crippen LogP contribution in [0, 0.1) is 0 Å². The Bertz CT molecular complexity index is 515. The highest BCUT2D eigenvalue weighted by Gasteiger charge is 2.15. The molecule has 2 rings (SSSR count). The summed E-state index contributed by atoms with van der Waals surface area (Å²) in [5.41, 5.74) is 3.21. The van der Waals surface area contributed by atoms with E-state index in [9.17, 15) is 4.79 Å². The Morgan fingerprint density at radius 1 is 1.53 bits per heavy atom. The van der Waals surface area contributed by atoms with Crippen LogP contribution in [-0.4, -0.2) is 27.8 Å². The lowest BCUT2D eigenvalue weighted by Crippen LogP contribution is -2.26. The van der Waals surface area contributed by atoms with Crippen LogP contribution in [-0.2, 0) is 6.54 Å². The van der Waals surface area contributed by atoms with Gasteiger partial charge in [-0.1, -0.05) is 0 Å². The minimum absolute atomic E-state index is 0.0713. The summed E-state index contributed by atoms with van der Waals surface area (Å²) in [5.74, 6) is -0.0713. The minimum Gasteiger partial charge on any atom is -0.336 e. The van der Waals surface area contributed by atoms with Crippen LogP contribution in [0.5, 0.6) is 0 Å². The summed E-state index contributed by atoms with van der Waals surface area (Å²) in [4.78, 5) is 21.9. The smallest absolute Gasteiger partial charge is 0.256 e. The molecule has 0 saturated carbocycles. The van der Waals surface area contributed by atoms with Gasteiger partial charge in [0.2, 0.25) is 0 Å². The third kappa shape index (κ3) is 2.89. The fraction of sp³-hybridized carbons (Fsp3) is 0.182. The molecule has 2 aromatic rings. The van der Waals surface area contributed by atoms with Crippen LogP contribution in [0.1, 0.15) is 16.1 Å². The number of carbonyl (C=O) groups excluding carboxylic acids is 1. The number of hydrogen-bond donors (Lipinski definition) is 0. The number of aromatic nitrogens is 2. The molecule has 0 spiro atoms. The van der Waals surface area contributed by atoms with E-state index in [1.165, 1.54) is 11.3 Å². The van der Waals surface area contributed by atoms with Gasteiger partial charge in [-0.05, 0) is 28.1 Å². The van der Waals surface area contributed by atoms with Crippen molar-refractivity contribution in [2.24, 2.45) is 0 Å². The number of nitrogens with zero attached hydrogens (tertiary/aromatic N) is 3. The second kappa shape index (κ2) is 5.37. The summed E-state index contributed by atoms with van der Waals surface area (Å²) >= 11 is 4.79. The molecule has 88 valence electrons. The number of hydrogen-bond acceptors (Lipinski definition) is 4. The molecular weight excluding hydrogens is 302 g/mol. The van der Waals surface area contributed by atoms with Crippen molar-refractivity contribution in [3.05, 3.63) is 45.1 Å². The zero-order chi connectivity index (χ0) is 12.3. The van der Waals surface area contributed by atoms with Crippen LogP contribution in [0.4, 0.5) is 0 Å². The molecule has 0 radical (unpaired) electrons. The lowest BCUT2D eigenvalue weighted by Gasteiger charge is -2.16. The van der Waals surface area contributed by atoms with E-state index in [0.717, 1.165) is 5.69 Å². The lowest BCUT2D eigenvalue weighted by atomic mass is 10.2. The first-order chi connectivity index (χ1) is 8.18. The monoisotopic (exact) mass is 311 g/mol. The molecule has 0 saturated heterocycles. The van der Waals surface area contributed by atoms with Crippen molar-refractivity contribution in [2.75, 3.05) is 7.05 Å². The summed E-state index contributed by atoms with van der Waals surface area (Å²) in [6.45, 7) is 0.504. The molecule has 0 fully saturated rings. The second-order valence-electron chi connectivity index (χ2n) is 3.48. The number of pyridine rings is 1. The molecule has 4 nitrogen and oxygen atoms in total. The van der Waals surface area contributed by atoms with Gasteiger partial charge in [0.05, 0.1) is 23.3 Å². The molecule has 2 aromatic heterocycles. The van der Waals surface area contributed by atoms with Gasteiger partial charge in [-0.25, -0.2) is 9.97 Å². The molecule has 0 N–H and O–H groups in total. The maximum atomic E-state index is 12.1.